The van der Waals surface area contributed by atoms with E-state index in [2.05, 4.69) is 10.4 Å². The van der Waals surface area contributed by atoms with E-state index < -0.39 is 0 Å². The molecule has 5 rings (SSSR count). The van der Waals surface area contributed by atoms with E-state index in [1.807, 2.05) is 68.4 Å². The van der Waals surface area contributed by atoms with Crippen molar-refractivity contribution in [3.05, 3.63) is 88.0 Å². The van der Waals surface area contributed by atoms with Crippen molar-refractivity contribution in [2.24, 2.45) is 0 Å². The van der Waals surface area contributed by atoms with E-state index in [1.165, 1.54) is 10.6 Å². The summed E-state index contributed by atoms with van der Waals surface area (Å²) in [7, 11) is 0. The number of fused-ring (bicyclic) bond motifs is 1. The number of carbonyl (C=O) groups is 1. The maximum atomic E-state index is 13.1. The molecule has 1 aliphatic rings. The Morgan fingerprint density at radius 1 is 1.03 bits per heavy atom. The van der Waals surface area contributed by atoms with Gasteiger partial charge in [-0.05, 0) is 37.6 Å². The highest BCUT2D eigenvalue weighted by Gasteiger charge is 2.18. The largest absolute Gasteiger partial charge is 0.454 e. The lowest BCUT2D eigenvalue weighted by molar-refractivity contribution is -0.121. The number of ether oxygens (including phenoxy) is 2. The second-order valence-electron chi connectivity index (χ2n) is 8.04. The quantitative estimate of drug-likeness (QED) is 0.478. The van der Waals surface area contributed by atoms with Crippen molar-refractivity contribution in [3.63, 3.8) is 0 Å². The van der Waals surface area contributed by atoms with Crippen molar-refractivity contribution in [2.45, 2.75) is 26.9 Å². The minimum absolute atomic E-state index is 0.190. The van der Waals surface area contributed by atoms with Gasteiger partial charge in [-0.1, -0.05) is 36.4 Å². The smallest absolute Gasteiger partial charge is 0.256 e. The van der Waals surface area contributed by atoms with Gasteiger partial charge in [0, 0.05) is 23.9 Å². The summed E-state index contributed by atoms with van der Waals surface area (Å²) in [6.07, 6.45) is 0. The predicted octanol–water partition coefficient (Wildman–Crippen LogP) is 2.76. The molecule has 2 aromatic heterocycles. The van der Waals surface area contributed by atoms with Crippen LogP contribution in [0.1, 0.15) is 17.0 Å². The number of aryl methyl sites for hydroxylation is 2. The van der Waals surface area contributed by atoms with Crippen molar-refractivity contribution < 1.29 is 14.3 Å². The Kier molecular flexibility index (Phi) is 5.59. The maximum Gasteiger partial charge on any atom is 0.256 e. The van der Waals surface area contributed by atoms with Gasteiger partial charge in [-0.2, -0.15) is 5.10 Å². The molecule has 172 valence electrons. The third-order valence-electron chi connectivity index (χ3n) is 5.49. The normalized spacial score (nSPS) is 12.1. The second kappa shape index (κ2) is 8.86. The first-order chi connectivity index (χ1) is 16.5. The van der Waals surface area contributed by atoms with E-state index in [4.69, 9.17) is 14.5 Å². The Balaban J connectivity index is 1.43. The van der Waals surface area contributed by atoms with E-state index in [-0.39, 0.29) is 37.3 Å². The molecule has 1 aliphatic heterocycles. The summed E-state index contributed by atoms with van der Waals surface area (Å²) in [6.45, 7) is 4.03. The van der Waals surface area contributed by atoms with Crippen LogP contribution in [0.25, 0.3) is 17.2 Å². The van der Waals surface area contributed by atoms with Crippen LogP contribution < -0.4 is 20.3 Å². The molecular weight excluding hydrogens is 434 g/mol. The van der Waals surface area contributed by atoms with E-state index in [9.17, 15) is 9.59 Å². The van der Waals surface area contributed by atoms with Crippen LogP contribution in [0.3, 0.4) is 0 Å². The van der Waals surface area contributed by atoms with Crippen molar-refractivity contribution in [1.82, 2.24) is 24.6 Å². The zero-order chi connectivity index (χ0) is 23.7. The molecular formula is C25H23N5O4. The topological polar surface area (TPSA) is 100 Å². The number of hydrogen-bond donors (Lipinski definition) is 1. The zero-order valence-corrected chi connectivity index (χ0v) is 18.8. The van der Waals surface area contributed by atoms with Crippen molar-refractivity contribution >= 4 is 5.91 Å². The van der Waals surface area contributed by atoms with Gasteiger partial charge in [0.2, 0.25) is 18.6 Å². The highest BCUT2D eigenvalue weighted by Crippen LogP contribution is 2.32. The van der Waals surface area contributed by atoms with Gasteiger partial charge < -0.3 is 14.8 Å². The summed E-state index contributed by atoms with van der Waals surface area (Å²) in [5.41, 5.74) is 3.45. The third kappa shape index (κ3) is 4.27. The molecule has 0 bridgehead atoms. The van der Waals surface area contributed by atoms with Crippen LogP contribution in [0.15, 0.2) is 65.5 Å². The fourth-order valence-electron chi connectivity index (χ4n) is 3.84. The molecule has 1 N–H and O–H groups in total. The van der Waals surface area contributed by atoms with Crippen LogP contribution in [0.5, 0.6) is 11.5 Å². The van der Waals surface area contributed by atoms with Crippen molar-refractivity contribution in [2.75, 3.05) is 6.79 Å². The number of rotatable bonds is 6. The van der Waals surface area contributed by atoms with Gasteiger partial charge in [0.1, 0.15) is 6.54 Å². The lowest BCUT2D eigenvalue weighted by Gasteiger charge is -2.15. The number of carbonyl (C=O) groups excluding carboxylic acids is 1. The van der Waals surface area contributed by atoms with E-state index in [0.717, 1.165) is 22.5 Å². The molecule has 0 saturated carbocycles. The monoisotopic (exact) mass is 457 g/mol. The Morgan fingerprint density at radius 2 is 1.82 bits per heavy atom. The number of amides is 1. The molecule has 9 heteroatoms. The summed E-state index contributed by atoms with van der Waals surface area (Å²) in [5.74, 6) is 1.29. The highest BCUT2D eigenvalue weighted by molar-refractivity contribution is 5.76. The first kappa shape index (κ1) is 21.4. The molecule has 0 radical (unpaired) electrons. The maximum absolute atomic E-state index is 13.1. The van der Waals surface area contributed by atoms with Crippen molar-refractivity contribution in [3.8, 4) is 28.7 Å². The summed E-state index contributed by atoms with van der Waals surface area (Å²) in [5, 5.41) is 7.35. The van der Waals surface area contributed by atoms with E-state index in [0.29, 0.717) is 17.2 Å². The van der Waals surface area contributed by atoms with Gasteiger partial charge in [-0.15, -0.1) is 0 Å². The molecule has 0 atom stereocenters. The van der Waals surface area contributed by atoms with E-state index in [1.54, 1.807) is 4.68 Å². The van der Waals surface area contributed by atoms with Crippen LogP contribution in [0.2, 0.25) is 0 Å². The first-order valence-electron chi connectivity index (χ1n) is 10.8. The van der Waals surface area contributed by atoms with Gasteiger partial charge in [0.25, 0.3) is 5.56 Å². The molecule has 2 aromatic carbocycles. The first-order valence-corrected chi connectivity index (χ1v) is 10.8. The van der Waals surface area contributed by atoms with Crippen molar-refractivity contribution in [1.29, 1.82) is 0 Å². The van der Waals surface area contributed by atoms with Gasteiger partial charge >= 0.3 is 0 Å². The molecule has 0 unspecified atom stereocenters. The Morgan fingerprint density at radius 3 is 2.59 bits per heavy atom. The zero-order valence-electron chi connectivity index (χ0n) is 18.8. The molecule has 4 aromatic rings. The minimum atomic E-state index is -0.338. The molecule has 0 fully saturated rings. The van der Waals surface area contributed by atoms with E-state index >= 15 is 0 Å². The summed E-state index contributed by atoms with van der Waals surface area (Å²) in [4.78, 5) is 30.7. The van der Waals surface area contributed by atoms with Gasteiger partial charge in [-0.3, -0.25) is 14.2 Å². The Bertz CT molecular complexity index is 1430. The number of nitrogens with one attached hydrogen (secondary N) is 1. The third-order valence-corrected chi connectivity index (χ3v) is 5.49. The number of nitrogens with zero attached hydrogens (tertiary/aromatic N) is 4. The Hall–Kier alpha value is -4.40. The average Bonchev–Trinajstić information content (AvgIpc) is 3.44. The SMILES string of the molecule is Cc1cc(C)n(-c2nc(-c3ccccc3)cc(=O)n2CC(=O)NCc2ccc3c(c2)OCO3)n1. The lowest BCUT2D eigenvalue weighted by atomic mass is 10.1. The molecule has 34 heavy (non-hydrogen) atoms. The number of benzene rings is 2. The lowest BCUT2D eigenvalue weighted by Crippen LogP contribution is -2.34. The van der Waals surface area contributed by atoms with Crippen LogP contribution >= 0.6 is 0 Å². The van der Waals surface area contributed by atoms with Gasteiger partial charge in [0.05, 0.1) is 11.4 Å². The molecule has 3 heterocycles. The van der Waals surface area contributed by atoms with Gasteiger partial charge in [-0.25, -0.2) is 9.67 Å². The predicted molar refractivity (Wildman–Crippen MR) is 125 cm³/mol. The number of aromatic nitrogens is 4. The van der Waals surface area contributed by atoms with Crippen LogP contribution in [-0.2, 0) is 17.9 Å². The molecule has 1 amide bonds. The fraction of sp³-hybridized carbons (Fsp3) is 0.200. The van der Waals surface area contributed by atoms with Crippen LogP contribution in [-0.4, -0.2) is 32.0 Å². The molecule has 0 aliphatic carbocycles. The second-order valence-corrected chi connectivity index (χ2v) is 8.04. The highest BCUT2D eigenvalue weighted by atomic mass is 16.7. The summed E-state index contributed by atoms with van der Waals surface area (Å²) in [6, 6.07) is 18.3. The number of hydrogen-bond acceptors (Lipinski definition) is 6. The standard InChI is InChI=1S/C25H23N5O4/c1-16-10-17(2)30(28-16)25-27-20(19-6-4-3-5-7-19)12-24(32)29(25)14-23(31)26-13-18-8-9-21-22(11-18)34-15-33-21/h3-12H,13-15H2,1-2H3,(H,26,31). The summed E-state index contributed by atoms with van der Waals surface area (Å²) < 4.78 is 13.6. The van der Waals surface area contributed by atoms with Crippen LogP contribution in [0, 0.1) is 13.8 Å². The molecule has 9 nitrogen and oxygen atoms in total. The molecule has 0 saturated heterocycles. The average molecular weight is 457 g/mol. The minimum Gasteiger partial charge on any atom is -0.454 e. The van der Waals surface area contributed by atoms with Crippen LogP contribution in [0.4, 0.5) is 0 Å². The Labute approximate surface area is 195 Å². The summed E-state index contributed by atoms with van der Waals surface area (Å²) >= 11 is 0. The van der Waals surface area contributed by atoms with Gasteiger partial charge in [0.15, 0.2) is 11.5 Å². The fourth-order valence-corrected chi connectivity index (χ4v) is 3.84. The molecule has 0 spiro atoms.